The van der Waals surface area contributed by atoms with Gasteiger partial charge in [0.05, 0.1) is 5.69 Å². The first-order valence-corrected chi connectivity index (χ1v) is 7.72. The molecule has 2 N–H and O–H groups in total. The molecule has 0 atom stereocenters. The monoisotopic (exact) mass is 289 g/mol. The third-order valence-electron chi connectivity index (χ3n) is 3.89. The van der Waals surface area contributed by atoms with Crippen LogP contribution in [0.15, 0.2) is 18.3 Å². The van der Waals surface area contributed by atoms with E-state index in [0.717, 1.165) is 29.7 Å². The quantitative estimate of drug-likeness (QED) is 0.877. The topological polar surface area (TPSA) is 59.2 Å². The molecule has 0 spiro atoms. The van der Waals surface area contributed by atoms with E-state index in [1.54, 1.807) is 6.20 Å². The van der Waals surface area contributed by atoms with Gasteiger partial charge in [-0.15, -0.1) is 11.3 Å². The van der Waals surface area contributed by atoms with E-state index in [9.17, 15) is 4.79 Å². The Hall–Kier alpha value is -1.62. The van der Waals surface area contributed by atoms with Crippen molar-refractivity contribution in [3.8, 4) is 0 Å². The third kappa shape index (κ3) is 2.26. The zero-order chi connectivity index (χ0) is 14.3. The van der Waals surface area contributed by atoms with Gasteiger partial charge in [0.25, 0.3) is 5.91 Å². The lowest BCUT2D eigenvalue weighted by atomic mass is 9.84. The molecule has 1 saturated heterocycles. The molecule has 3 heterocycles. The van der Waals surface area contributed by atoms with Crippen molar-refractivity contribution >= 4 is 33.1 Å². The molecule has 0 bridgehead atoms. The largest absolute Gasteiger partial charge is 0.397 e. The second-order valence-electron chi connectivity index (χ2n) is 6.20. The number of nitrogens with two attached hydrogens (primary N) is 1. The summed E-state index contributed by atoms with van der Waals surface area (Å²) < 4.78 is 0. The number of nitrogen functional groups attached to an aromatic ring is 1. The molecule has 0 unspecified atom stereocenters. The number of carbonyl (C=O) groups excluding carboxylic acids is 1. The third-order valence-corrected chi connectivity index (χ3v) is 5.00. The number of carbonyl (C=O) groups is 1. The highest BCUT2D eigenvalue weighted by Gasteiger charge is 2.31. The Labute approximate surface area is 122 Å². The van der Waals surface area contributed by atoms with E-state index >= 15 is 0 Å². The number of aromatic nitrogens is 1. The van der Waals surface area contributed by atoms with Crippen LogP contribution in [-0.4, -0.2) is 28.9 Å². The molecule has 1 aliphatic heterocycles. The van der Waals surface area contributed by atoms with Crippen LogP contribution in [0.4, 0.5) is 5.69 Å². The number of pyridine rings is 1. The van der Waals surface area contributed by atoms with Crippen molar-refractivity contribution in [1.29, 1.82) is 0 Å². The lowest BCUT2D eigenvalue weighted by molar-refractivity contribution is 0.0589. The van der Waals surface area contributed by atoms with Crippen LogP contribution in [0.1, 0.15) is 36.4 Å². The second kappa shape index (κ2) is 4.74. The molecule has 0 saturated carbocycles. The van der Waals surface area contributed by atoms with Crippen LogP contribution in [0.2, 0.25) is 0 Å². The van der Waals surface area contributed by atoms with Gasteiger partial charge in [0.2, 0.25) is 0 Å². The van der Waals surface area contributed by atoms with E-state index in [1.807, 2.05) is 17.0 Å². The molecule has 3 rings (SSSR count). The zero-order valence-electron chi connectivity index (χ0n) is 11.8. The minimum absolute atomic E-state index is 0.0540. The van der Waals surface area contributed by atoms with E-state index < -0.39 is 0 Å². The van der Waals surface area contributed by atoms with Crippen LogP contribution < -0.4 is 5.73 Å². The van der Waals surface area contributed by atoms with E-state index in [1.165, 1.54) is 17.8 Å². The number of anilines is 1. The van der Waals surface area contributed by atoms with Gasteiger partial charge in [-0.1, -0.05) is 13.8 Å². The van der Waals surface area contributed by atoms with E-state index in [2.05, 4.69) is 18.8 Å². The van der Waals surface area contributed by atoms with Gasteiger partial charge in [-0.05, 0) is 30.4 Å². The minimum Gasteiger partial charge on any atom is -0.397 e. The highest BCUT2D eigenvalue weighted by atomic mass is 32.1. The molecule has 2 aromatic rings. The maximum atomic E-state index is 12.7. The molecular weight excluding hydrogens is 270 g/mol. The Morgan fingerprint density at radius 3 is 3.00 bits per heavy atom. The summed E-state index contributed by atoms with van der Waals surface area (Å²) >= 11 is 1.40. The lowest BCUT2D eigenvalue weighted by Crippen LogP contribution is -2.43. The van der Waals surface area contributed by atoms with Gasteiger partial charge in [0.1, 0.15) is 9.71 Å². The molecule has 106 valence electrons. The predicted molar refractivity (Wildman–Crippen MR) is 83.0 cm³/mol. The number of amides is 1. The highest BCUT2D eigenvalue weighted by Crippen LogP contribution is 2.35. The molecule has 5 heteroatoms. The average Bonchev–Trinajstić information content (AvgIpc) is 2.75. The molecule has 2 aromatic heterocycles. The van der Waals surface area contributed by atoms with Gasteiger partial charge in [0, 0.05) is 24.7 Å². The summed E-state index contributed by atoms with van der Waals surface area (Å²) in [7, 11) is 0. The fourth-order valence-corrected chi connectivity index (χ4v) is 3.88. The van der Waals surface area contributed by atoms with Crippen molar-refractivity contribution in [2.75, 3.05) is 18.8 Å². The van der Waals surface area contributed by atoms with Gasteiger partial charge < -0.3 is 10.6 Å². The van der Waals surface area contributed by atoms with Crippen LogP contribution in [0.25, 0.3) is 10.2 Å². The maximum absolute atomic E-state index is 12.7. The summed E-state index contributed by atoms with van der Waals surface area (Å²) in [6.45, 7) is 6.04. The Morgan fingerprint density at radius 1 is 1.50 bits per heavy atom. The summed E-state index contributed by atoms with van der Waals surface area (Å²) in [6, 6.07) is 3.77. The van der Waals surface area contributed by atoms with E-state index in [0.29, 0.717) is 10.6 Å². The number of likely N-dealkylation sites (tertiary alicyclic amines) is 1. The molecule has 1 amide bonds. The first kappa shape index (κ1) is 13.4. The molecule has 1 fully saturated rings. The summed E-state index contributed by atoms with van der Waals surface area (Å²) in [5, 5.41) is 0.886. The molecule has 0 aromatic carbocycles. The normalized spacial score (nSPS) is 18.4. The summed E-state index contributed by atoms with van der Waals surface area (Å²) in [6.07, 6.45) is 3.96. The number of nitrogens with zero attached hydrogens (tertiary/aromatic N) is 2. The SMILES string of the molecule is CC1(C)CCCN(C(=O)c2sc3ncccc3c2N)C1. The number of fused-ring (bicyclic) bond motifs is 1. The number of piperidine rings is 1. The molecule has 0 radical (unpaired) electrons. The fourth-order valence-electron chi connectivity index (χ4n) is 2.85. The number of hydrogen-bond acceptors (Lipinski definition) is 4. The smallest absolute Gasteiger partial charge is 0.266 e. The van der Waals surface area contributed by atoms with Crippen LogP contribution in [-0.2, 0) is 0 Å². The Bertz CT molecular complexity index is 662. The average molecular weight is 289 g/mol. The fraction of sp³-hybridized carbons (Fsp3) is 0.467. The lowest BCUT2D eigenvalue weighted by Gasteiger charge is -2.37. The molecule has 20 heavy (non-hydrogen) atoms. The van der Waals surface area contributed by atoms with Crippen LogP contribution >= 0.6 is 11.3 Å². The standard InChI is InChI=1S/C15H19N3OS/c1-15(2)6-4-8-18(9-15)14(19)12-11(16)10-5-3-7-17-13(10)20-12/h3,5,7H,4,6,8-9,16H2,1-2H3. The van der Waals surface area contributed by atoms with Gasteiger partial charge in [0.15, 0.2) is 0 Å². The Kier molecular flexibility index (Phi) is 3.17. The van der Waals surface area contributed by atoms with Crippen LogP contribution in [0.3, 0.4) is 0 Å². The van der Waals surface area contributed by atoms with Crippen molar-refractivity contribution in [3.63, 3.8) is 0 Å². The van der Waals surface area contributed by atoms with Crippen molar-refractivity contribution in [2.24, 2.45) is 5.41 Å². The number of hydrogen-bond donors (Lipinski definition) is 1. The summed E-state index contributed by atoms with van der Waals surface area (Å²) in [4.78, 5) is 20.4. The molecule has 4 nitrogen and oxygen atoms in total. The maximum Gasteiger partial charge on any atom is 0.266 e. The van der Waals surface area contributed by atoms with Crippen LogP contribution in [0.5, 0.6) is 0 Å². The first-order valence-electron chi connectivity index (χ1n) is 6.90. The summed E-state index contributed by atoms with van der Waals surface area (Å²) in [5.41, 5.74) is 6.90. The molecule has 1 aliphatic rings. The Morgan fingerprint density at radius 2 is 2.30 bits per heavy atom. The predicted octanol–water partition coefficient (Wildman–Crippen LogP) is 3.14. The number of rotatable bonds is 1. The van der Waals surface area contributed by atoms with Crippen LogP contribution in [0, 0.1) is 5.41 Å². The number of thiophene rings is 1. The molecular formula is C15H19N3OS. The molecule has 0 aliphatic carbocycles. The van der Waals surface area contributed by atoms with Crippen molar-refractivity contribution in [2.45, 2.75) is 26.7 Å². The van der Waals surface area contributed by atoms with Gasteiger partial charge in [-0.25, -0.2) is 4.98 Å². The van der Waals surface area contributed by atoms with Crippen molar-refractivity contribution < 1.29 is 4.79 Å². The zero-order valence-corrected chi connectivity index (χ0v) is 12.7. The first-order chi connectivity index (χ1) is 9.48. The van der Waals surface area contributed by atoms with Crippen molar-refractivity contribution in [1.82, 2.24) is 9.88 Å². The van der Waals surface area contributed by atoms with Crippen molar-refractivity contribution in [3.05, 3.63) is 23.2 Å². The highest BCUT2D eigenvalue weighted by molar-refractivity contribution is 7.21. The van der Waals surface area contributed by atoms with Gasteiger partial charge in [-0.3, -0.25) is 4.79 Å². The Balaban J connectivity index is 1.94. The summed E-state index contributed by atoms with van der Waals surface area (Å²) in [5.74, 6) is 0.0540. The minimum atomic E-state index is 0.0540. The van der Waals surface area contributed by atoms with E-state index in [-0.39, 0.29) is 11.3 Å². The second-order valence-corrected chi connectivity index (χ2v) is 7.19. The van der Waals surface area contributed by atoms with Gasteiger partial charge >= 0.3 is 0 Å². The van der Waals surface area contributed by atoms with E-state index in [4.69, 9.17) is 5.73 Å². The van der Waals surface area contributed by atoms with Gasteiger partial charge in [-0.2, -0.15) is 0 Å².